The van der Waals surface area contributed by atoms with Crippen LogP contribution < -0.4 is 14.4 Å². The van der Waals surface area contributed by atoms with E-state index in [9.17, 15) is 14.4 Å². The van der Waals surface area contributed by atoms with Gasteiger partial charge in [-0.1, -0.05) is 48.5 Å². The minimum Gasteiger partial charge on any atom is -0.496 e. The number of carbonyl (C=O) groups is 3. The van der Waals surface area contributed by atoms with Crippen molar-refractivity contribution in [3.05, 3.63) is 102 Å². The van der Waals surface area contributed by atoms with Crippen molar-refractivity contribution in [2.45, 2.75) is 6.42 Å². The topological polar surface area (TPSA) is 76.2 Å². The third-order valence-electron chi connectivity index (χ3n) is 6.58. The summed E-state index contributed by atoms with van der Waals surface area (Å²) in [6, 6.07) is 25.2. The molecule has 4 aromatic carbocycles. The average Bonchev–Trinajstić information content (AvgIpc) is 2.95. The molecule has 0 unspecified atom stereocenters. The molecule has 1 aliphatic heterocycles. The first-order chi connectivity index (χ1) is 18.0. The van der Waals surface area contributed by atoms with E-state index >= 15 is 0 Å². The highest BCUT2D eigenvalue weighted by molar-refractivity contribution is 6.25. The van der Waals surface area contributed by atoms with Crippen LogP contribution in [0.1, 0.15) is 37.5 Å². The fourth-order valence-corrected chi connectivity index (χ4v) is 4.82. The van der Waals surface area contributed by atoms with E-state index in [2.05, 4.69) is 0 Å². The van der Waals surface area contributed by atoms with Crippen molar-refractivity contribution in [3.8, 4) is 11.5 Å². The summed E-state index contributed by atoms with van der Waals surface area (Å²) in [4.78, 5) is 43.2. The van der Waals surface area contributed by atoms with E-state index in [1.165, 1.54) is 12.0 Å². The number of benzene rings is 4. The average molecular weight is 495 g/mol. The summed E-state index contributed by atoms with van der Waals surface area (Å²) in [6.07, 6.45) is 0.370. The van der Waals surface area contributed by atoms with Crippen LogP contribution in [0.2, 0.25) is 0 Å². The molecule has 0 radical (unpaired) electrons. The van der Waals surface area contributed by atoms with Crippen LogP contribution in [0.25, 0.3) is 10.8 Å². The summed E-state index contributed by atoms with van der Waals surface area (Å²) in [5.41, 5.74) is 2.02. The molecular weight excluding hydrogens is 468 g/mol. The Labute approximate surface area is 214 Å². The number of hydrogen-bond acceptors (Lipinski definition) is 5. The Hall–Kier alpha value is -4.65. The second kappa shape index (κ2) is 10.1. The number of para-hydroxylation sites is 3. The number of carbonyl (C=O) groups excluding carboxylic acids is 3. The van der Waals surface area contributed by atoms with Crippen LogP contribution in [0.5, 0.6) is 11.5 Å². The summed E-state index contributed by atoms with van der Waals surface area (Å²) >= 11 is 0. The van der Waals surface area contributed by atoms with Gasteiger partial charge in [-0.15, -0.1) is 0 Å². The Morgan fingerprint density at radius 1 is 0.757 bits per heavy atom. The van der Waals surface area contributed by atoms with Crippen molar-refractivity contribution >= 4 is 34.2 Å². The third kappa shape index (κ3) is 4.29. The summed E-state index contributed by atoms with van der Waals surface area (Å²) in [7, 11) is 3.07. The number of rotatable bonds is 8. The highest BCUT2D eigenvalue weighted by Gasteiger charge is 2.32. The van der Waals surface area contributed by atoms with Gasteiger partial charge in [0.2, 0.25) is 0 Å². The minimum atomic E-state index is -0.325. The molecule has 37 heavy (non-hydrogen) atoms. The van der Waals surface area contributed by atoms with Gasteiger partial charge >= 0.3 is 0 Å². The van der Waals surface area contributed by atoms with E-state index in [-0.39, 0.29) is 30.8 Å². The molecule has 0 atom stereocenters. The standard InChI is InChI=1S/C30H26N2O5/c1-36-25-16-5-3-12-21(25)28(33)31(24-15-4-6-17-26(24)37-2)18-9-19-32-29(34)22-13-7-10-20-11-8-14-23(27(20)22)30(32)35/h3-8,10-17H,9,18-19H2,1-2H3. The fourth-order valence-electron chi connectivity index (χ4n) is 4.82. The number of imide groups is 1. The van der Waals surface area contributed by atoms with Crippen molar-refractivity contribution in [3.63, 3.8) is 0 Å². The number of amides is 3. The molecule has 0 aliphatic carbocycles. The molecular formula is C30H26N2O5. The maximum Gasteiger partial charge on any atom is 0.262 e. The van der Waals surface area contributed by atoms with Crippen LogP contribution in [0.3, 0.4) is 0 Å². The predicted molar refractivity (Wildman–Crippen MR) is 142 cm³/mol. The first-order valence-corrected chi connectivity index (χ1v) is 12.0. The van der Waals surface area contributed by atoms with Crippen molar-refractivity contribution in [2.75, 3.05) is 32.2 Å². The van der Waals surface area contributed by atoms with Crippen LogP contribution in [0.15, 0.2) is 84.9 Å². The SMILES string of the molecule is COc1ccccc1C(=O)N(CCCN1C(=O)c2cccc3cccc(c23)C1=O)c1ccccc1OC. The van der Waals surface area contributed by atoms with Crippen LogP contribution >= 0.6 is 0 Å². The van der Waals surface area contributed by atoms with Gasteiger partial charge in [0.25, 0.3) is 17.7 Å². The van der Waals surface area contributed by atoms with Crippen LogP contribution in [-0.2, 0) is 0 Å². The van der Waals surface area contributed by atoms with E-state index in [4.69, 9.17) is 9.47 Å². The van der Waals surface area contributed by atoms with Crippen molar-refractivity contribution in [1.29, 1.82) is 0 Å². The molecule has 186 valence electrons. The molecule has 0 aromatic heterocycles. The van der Waals surface area contributed by atoms with E-state index < -0.39 is 0 Å². The Morgan fingerprint density at radius 3 is 2.00 bits per heavy atom. The van der Waals surface area contributed by atoms with Gasteiger partial charge in [0.1, 0.15) is 11.5 Å². The van der Waals surface area contributed by atoms with E-state index in [1.54, 1.807) is 60.5 Å². The Bertz CT molecular complexity index is 1460. The zero-order valence-corrected chi connectivity index (χ0v) is 20.6. The number of hydrogen-bond donors (Lipinski definition) is 0. The van der Waals surface area contributed by atoms with Gasteiger partial charge in [-0.3, -0.25) is 19.3 Å². The van der Waals surface area contributed by atoms with Gasteiger partial charge in [-0.05, 0) is 48.2 Å². The maximum atomic E-state index is 13.7. The quantitative estimate of drug-likeness (QED) is 0.315. The molecule has 0 fully saturated rings. The van der Waals surface area contributed by atoms with Gasteiger partial charge in [-0.25, -0.2) is 0 Å². The van der Waals surface area contributed by atoms with Gasteiger partial charge in [-0.2, -0.15) is 0 Å². The molecule has 0 N–H and O–H groups in total. The van der Waals surface area contributed by atoms with Crippen LogP contribution in [0, 0.1) is 0 Å². The van der Waals surface area contributed by atoms with E-state index in [0.717, 1.165) is 5.39 Å². The second-order valence-electron chi connectivity index (χ2n) is 8.65. The van der Waals surface area contributed by atoms with Gasteiger partial charge in [0.15, 0.2) is 0 Å². The summed E-state index contributed by atoms with van der Waals surface area (Å²) in [6.45, 7) is 0.410. The zero-order chi connectivity index (χ0) is 25.9. The monoisotopic (exact) mass is 494 g/mol. The number of nitrogens with zero attached hydrogens (tertiary/aromatic N) is 2. The minimum absolute atomic E-state index is 0.160. The summed E-state index contributed by atoms with van der Waals surface area (Å²) < 4.78 is 10.9. The summed E-state index contributed by atoms with van der Waals surface area (Å²) in [5.74, 6) is 0.0757. The molecule has 1 aliphatic rings. The van der Waals surface area contributed by atoms with Crippen molar-refractivity contribution in [1.82, 2.24) is 4.90 Å². The first-order valence-electron chi connectivity index (χ1n) is 12.0. The normalized spacial score (nSPS) is 12.5. The third-order valence-corrected chi connectivity index (χ3v) is 6.58. The number of ether oxygens (including phenoxy) is 2. The predicted octanol–water partition coefficient (Wildman–Crippen LogP) is 5.19. The van der Waals surface area contributed by atoms with E-state index in [1.807, 2.05) is 36.4 Å². The van der Waals surface area contributed by atoms with Crippen molar-refractivity contribution < 1.29 is 23.9 Å². The Morgan fingerprint density at radius 2 is 1.35 bits per heavy atom. The Kier molecular flexibility index (Phi) is 6.60. The lowest BCUT2D eigenvalue weighted by molar-refractivity contribution is 0.0610. The van der Waals surface area contributed by atoms with Gasteiger partial charge in [0.05, 0.1) is 25.5 Å². The zero-order valence-electron chi connectivity index (χ0n) is 20.6. The molecule has 4 aromatic rings. The largest absolute Gasteiger partial charge is 0.496 e. The molecule has 3 amide bonds. The Balaban J connectivity index is 1.43. The lowest BCUT2D eigenvalue weighted by atomic mass is 9.94. The maximum absolute atomic E-state index is 13.7. The molecule has 0 spiro atoms. The highest BCUT2D eigenvalue weighted by atomic mass is 16.5. The second-order valence-corrected chi connectivity index (χ2v) is 8.65. The highest BCUT2D eigenvalue weighted by Crippen LogP contribution is 2.32. The number of methoxy groups -OCH3 is 2. The molecule has 0 bridgehead atoms. The number of anilines is 1. The molecule has 7 nitrogen and oxygen atoms in total. The van der Waals surface area contributed by atoms with Crippen LogP contribution in [0.4, 0.5) is 5.69 Å². The fraction of sp³-hybridized carbons (Fsp3) is 0.167. The molecule has 0 saturated heterocycles. The smallest absolute Gasteiger partial charge is 0.262 e. The van der Waals surface area contributed by atoms with E-state index in [0.29, 0.717) is 45.7 Å². The molecule has 1 heterocycles. The first kappa shape index (κ1) is 24.1. The molecule has 5 rings (SSSR count). The molecule has 0 saturated carbocycles. The van der Waals surface area contributed by atoms with Gasteiger partial charge in [0, 0.05) is 29.6 Å². The summed E-state index contributed by atoms with van der Waals surface area (Å²) in [5, 5.41) is 1.55. The molecule has 7 heteroatoms. The van der Waals surface area contributed by atoms with Crippen LogP contribution in [-0.4, -0.2) is 49.9 Å². The lowest BCUT2D eigenvalue weighted by Gasteiger charge is -2.29. The van der Waals surface area contributed by atoms with Crippen molar-refractivity contribution in [2.24, 2.45) is 0 Å². The van der Waals surface area contributed by atoms with Gasteiger partial charge < -0.3 is 14.4 Å². The lowest BCUT2D eigenvalue weighted by Crippen LogP contribution is -2.42.